The van der Waals surface area contributed by atoms with Crippen LogP contribution in [-0.2, 0) is 19.2 Å². The quantitative estimate of drug-likeness (QED) is 0.341. The van der Waals surface area contributed by atoms with Crippen molar-refractivity contribution in [2.24, 2.45) is 5.16 Å². The molecule has 0 bridgehead atoms. The summed E-state index contributed by atoms with van der Waals surface area (Å²) in [5, 5.41) is 17.0. The van der Waals surface area contributed by atoms with Crippen LogP contribution in [0.3, 0.4) is 0 Å². The molecule has 0 radical (unpaired) electrons. The third kappa shape index (κ3) is 3.05. The van der Waals surface area contributed by atoms with Crippen LogP contribution >= 0.6 is 23.1 Å². The maximum atomic E-state index is 12.5. The Hall–Kier alpha value is -2.60. The van der Waals surface area contributed by atoms with Crippen LogP contribution in [0.25, 0.3) is 0 Å². The van der Waals surface area contributed by atoms with E-state index in [1.54, 1.807) is 0 Å². The van der Waals surface area contributed by atoms with E-state index in [1.807, 2.05) is 0 Å². The Balaban J connectivity index is 1.75. The molecule has 0 spiro atoms. The second-order valence-corrected chi connectivity index (χ2v) is 7.16. The van der Waals surface area contributed by atoms with Gasteiger partial charge in [-0.25, -0.2) is 4.98 Å². The van der Waals surface area contributed by atoms with E-state index in [0.29, 0.717) is 10.6 Å². The van der Waals surface area contributed by atoms with Gasteiger partial charge in [0.15, 0.2) is 10.8 Å². The SMILES string of the molecule is CON=C(C(=O)NC1C(=O)N2C(C(=O)[O-])=CCSC12)c1cnc(N)s1. The molecule has 10 nitrogen and oxygen atoms in total. The third-order valence-electron chi connectivity index (χ3n) is 3.50. The first kappa shape index (κ1) is 17.2. The minimum atomic E-state index is -1.43. The predicted molar refractivity (Wildman–Crippen MR) is 88.2 cm³/mol. The number of nitrogens with two attached hydrogens (primary N) is 1. The standard InChI is InChI=1S/C13H13N5O5S2/c1-23-17-7(6-4-15-13(14)25-6)9(19)16-8-10(20)18-5(12(21)22)2-3-24-11(8)18/h2,4,8,11H,3H2,1H3,(H2,14,15)(H,16,19)(H,21,22)/p-1. The fourth-order valence-corrected chi connectivity index (χ4v) is 4.28. The van der Waals surface area contributed by atoms with Crippen LogP contribution in [0, 0.1) is 0 Å². The second kappa shape index (κ2) is 6.72. The Labute approximate surface area is 149 Å². The van der Waals surface area contributed by atoms with Crippen molar-refractivity contribution in [1.82, 2.24) is 15.2 Å². The highest BCUT2D eigenvalue weighted by atomic mass is 32.2. The molecule has 1 aromatic heterocycles. The van der Waals surface area contributed by atoms with E-state index in [2.05, 4.69) is 20.3 Å². The van der Waals surface area contributed by atoms with Crippen molar-refractivity contribution >= 4 is 51.7 Å². The summed E-state index contributed by atoms with van der Waals surface area (Å²) in [4.78, 5) is 45.8. The van der Waals surface area contributed by atoms with Crippen LogP contribution in [0.5, 0.6) is 0 Å². The molecule has 0 aromatic carbocycles. The lowest BCUT2D eigenvalue weighted by atomic mass is 10.0. The molecule has 2 atom stereocenters. The molecule has 2 amide bonds. The number of amides is 2. The third-order valence-corrected chi connectivity index (χ3v) is 5.51. The summed E-state index contributed by atoms with van der Waals surface area (Å²) in [6, 6.07) is -0.868. The summed E-state index contributed by atoms with van der Waals surface area (Å²) in [6.07, 6.45) is 2.78. The van der Waals surface area contributed by atoms with E-state index in [0.717, 1.165) is 16.2 Å². The van der Waals surface area contributed by atoms with Crippen molar-refractivity contribution in [2.75, 3.05) is 18.6 Å². The van der Waals surface area contributed by atoms with Crippen LogP contribution in [-0.4, -0.2) is 57.7 Å². The molecule has 25 heavy (non-hydrogen) atoms. The first-order valence-electron chi connectivity index (χ1n) is 6.94. The van der Waals surface area contributed by atoms with Gasteiger partial charge in [0.1, 0.15) is 18.5 Å². The van der Waals surface area contributed by atoms with E-state index >= 15 is 0 Å². The number of thioether (sulfide) groups is 1. The topological polar surface area (TPSA) is 150 Å². The fraction of sp³-hybridized carbons (Fsp3) is 0.308. The highest BCUT2D eigenvalue weighted by Crippen LogP contribution is 2.37. The van der Waals surface area contributed by atoms with Crippen molar-refractivity contribution in [3.63, 3.8) is 0 Å². The van der Waals surface area contributed by atoms with Gasteiger partial charge in [-0.3, -0.25) is 14.5 Å². The van der Waals surface area contributed by atoms with E-state index in [4.69, 9.17) is 5.73 Å². The number of nitrogens with zero attached hydrogens (tertiary/aromatic N) is 3. The number of β-lactam (4-membered cyclic amide) rings is 1. The Kier molecular flexibility index (Phi) is 4.63. The first-order valence-corrected chi connectivity index (χ1v) is 8.80. The minimum Gasteiger partial charge on any atom is -0.543 e. The van der Waals surface area contributed by atoms with Gasteiger partial charge in [0, 0.05) is 11.9 Å². The number of rotatable bonds is 5. The molecule has 0 aliphatic carbocycles. The van der Waals surface area contributed by atoms with Crippen LogP contribution in [0.4, 0.5) is 5.13 Å². The minimum absolute atomic E-state index is 0.0700. The molecule has 0 saturated carbocycles. The Morgan fingerprint density at radius 1 is 1.56 bits per heavy atom. The largest absolute Gasteiger partial charge is 0.543 e. The summed E-state index contributed by atoms with van der Waals surface area (Å²) in [5.41, 5.74) is 5.30. The zero-order valence-electron chi connectivity index (χ0n) is 12.8. The average molecular weight is 382 g/mol. The van der Waals surface area contributed by atoms with Crippen LogP contribution in [0.2, 0.25) is 0 Å². The second-order valence-electron chi connectivity index (χ2n) is 4.95. The van der Waals surface area contributed by atoms with Gasteiger partial charge in [-0.15, -0.1) is 11.8 Å². The molecule has 1 fully saturated rings. The number of thiazole rings is 1. The van der Waals surface area contributed by atoms with Gasteiger partial charge >= 0.3 is 0 Å². The van der Waals surface area contributed by atoms with Gasteiger partial charge < -0.3 is 25.8 Å². The summed E-state index contributed by atoms with van der Waals surface area (Å²) < 4.78 is 0. The number of carboxylic acid groups (broad SMARTS) is 1. The zero-order valence-corrected chi connectivity index (χ0v) is 14.4. The molecule has 3 rings (SSSR count). The number of aromatic nitrogens is 1. The fourth-order valence-electron chi connectivity index (χ4n) is 2.43. The van der Waals surface area contributed by atoms with Gasteiger partial charge in [0.2, 0.25) is 0 Å². The Bertz CT molecular complexity index is 804. The van der Waals surface area contributed by atoms with E-state index < -0.39 is 29.2 Å². The van der Waals surface area contributed by atoms with Gasteiger partial charge in [-0.05, 0) is 6.08 Å². The predicted octanol–water partition coefficient (Wildman–Crippen LogP) is -1.89. The monoisotopic (exact) mass is 382 g/mol. The molecule has 12 heteroatoms. The van der Waals surface area contributed by atoms with E-state index in [1.165, 1.54) is 31.1 Å². The van der Waals surface area contributed by atoms with Crippen molar-refractivity contribution in [2.45, 2.75) is 11.4 Å². The lowest BCUT2D eigenvalue weighted by molar-refractivity contribution is -0.301. The van der Waals surface area contributed by atoms with Gasteiger partial charge in [0.25, 0.3) is 11.8 Å². The number of oxime groups is 1. The molecular weight excluding hydrogens is 370 g/mol. The number of nitrogens with one attached hydrogen (secondary N) is 1. The van der Waals surface area contributed by atoms with E-state index in [-0.39, 0.29) is 16.5 Å². The molecule has 132 valence electrons. The molecule has 1 aromatic rings. The first-order chi connectivity index (χ1) is 11.9. The molecule has 1 saturated heterocycles. The molecule has 3 N–H and O–H groups in total. The number of hydrogen-bond donors (Lipinski definition) is 2. The Morgan fingerprint density at radius 3 is 2.92 bits per heavy atom. The van der Waals surface area contributed by atoms with Crippen molar-refractivity contribution in [3.05, 3.63) is 22.8 Å². The molecule has 2 aliphatic rings. The number of anilines is 1. The summed E-state index contributed by atoms with van der Waals surface area (Å²) in [7, 11) is 1.28. The maximum absolute atomic E-state index is 12.5. The molecular formula is C13H12N5O5S2-. The lowest BCUT2D eigenvalue weighted by Crippen LogP contribution is -2.71. The highest BCUT2D eigenvalue weighted by molar-refractivity contribution is 8.00. The van der Waals surface area contributed by atoms with Gasteiger partial charge in [-0.1, -0.05) is 16.5 Å². The molecule has 2 aliphatic heterocycles. The van der Waals surface area contributed by atoms with Crippen molar-refractivity contribution in [3.8, 4) is 0 Å². The van der Waals surface area contributed by atoms with E-state index in [9.17, 15) is 19.5 Å². The van der Waals surface area contributed by atoms with Crippen molar-refractivity contribution < 1.29 is 24.3 Å². The number of hydrogen-bond acceptors (Lipinski definition) is 10. The number of nitrogen functional groups attached to an aromatic ring is 1. The number of carbonyl (C=O) groups is 3. The summed E-state index contributed by atoms with van der Waals surface area (Å²) in [6.45, 7) is 0. The maximum Gasteiger partial charge on any atom is 0.275 e. The molecule has 2 unspecified atom stereocenters. The highest BCUT2D eigenvalue weighted by Gasteiger charge is 2.51. The lowest BCUT2D eigenvalue weighted by Gasteiger charge is -2.49. The smallest absolute Gasteiger partial charge is 0.275 e. The summed E-state index contributed by atoms with van der Waals surface area (Å²) in [5.74, 6) is -2.20. The average Bonchev–Trinajstić information content (AvgIpc) is 3.02. The van der Waals surface area contributed by atoms with Crippen molar-refractivity contribution in [1.29, 1.82) is 0 Å². The number of fused-ring (bicyclic) bond motifs is 1. The summed E-state index contributed by atoms with van der Waals surface area (Å²) >= 11 is 2.38. The van der Waals surface area contributed by atoms with Gasteiger partial charge in [-0.2, -0.15) is 0 Å². The van der Waals surface area contributed by atoms with Crippen LogP contribution < -0.4 is 16.2 Å². The Morgan fingerprint density at radius 2 is 2.32 bits per heavy atom. The number of carbonyl (C=O) groups excluding carboxylic acids is 3. The normalized spacial score (nSPS) is 22.6. The van der Waals surface area contributed by atoms with Crippen LogP contribution in [0.1, 0.15) is 4.88 Å². The molecule has 3 heterocycles. The van der Waals surface area contributed by atoms with Crippen LogP contribution in [0.15, 0.2) is 23.1 Å². The van der Waals surface area contributed by atoms with Gasteiger partial charge in [0.05, 0.1) is 16.5 Å². The zero-order chi connectivity index (χ0) is 18.1. The number of aliphatic carboxylic acids is 1. The number of carboxylic acids is 1.